The monoisotopic (exact) mass is 223 g/mol. The van der Waals surface area contributed by atoms with Gasteiger partial charge in [-0.2, -0.15) is 18.7 Å². The van der Waals surface area contributed by atoms with Crippen LogP contribution in [0, 0.1) is 0 Å². The van der Waals surface area contributed by atoms with E-state index in [1.165, 1.54) is 6.26 Å². The van der Waals surface area contributed by atoms with Crippen LogP contribution in [-0.2, 0) is 11.3 Å². The number of alkyl halides is 3. The summed E-state index contributed by atoms with van der Waals surface area (Å²) in [5.41, 5.74) is 2.30. The molecule has 86 valence electrons. The molecule has 1 N–H and O–H groups in total. The molecule has 0 spiro atoms. The summed E-state index contributed by atoms with van der Waals surface area (Å²) in [7, 11) is 0. The van der Waals surface area contributed by atoms with E-state index in [0.29, 0.717) is 12.2 Å². The summed E-state index contributed by atoms with van der Waals surface area (Å²) >= 11 is 0. The highest BCUT2D eigenvalue weighted by atomic mass is 19.4. The van der Waals surface area contributed by atoms with Gasteiger partial charge >= 0.3 is 6.18 Å². The van der Waals surface area contributed by atoms with Gasteiger partial charge in [-0.15, -0.1) is 0 Å². The van der Waals surface area contributed by atoms with Crippen LogP contribution in [0.4, 0.5) is 13.2 Å². The summed E-state index contributed by atoms with van der Waals surface area (Å²) in [6, 6.07) is 3.24. The van der Waals surface area contributed by atoms with Crippen LogP contribution in [0.3, 0.4) is 0 Å². The molecule has 1 aromatic rings. The number of rotatable bonds is 5. The third-order valence-electron chi connectivity index (χ3n) is 1.61. The van der Waals surface area contributed by atoms with Crippen molar-refractivity contribution in [1.29, 1.82) is 0 Å². The van der Waals surface area contributed by atoms with Gasteiger partial charge in [-0.25, -0.2) is 0 Å². The second kappa shape index (κ2) is 5.18. The number of hydrogen-bond donors (Lipinski definition) is 1. The molecule has 0 radical (unpaired) electrons. The van der Waals surface area contributed by atoms with Crippen molar-refractivity contribution in [3.63, 3.8) is 0 Å². The highest BCUT2D eigenvalue weighted by molar-refractivity contribution is 4.99. The van der Waals surface area contributed by atoms with Crippen molar-refractivity contribution in [3.8, 4) is 0 Å². The van der Waals surface area contributed by atoms with E-state index in [1.54, 1.807) is 19.1 Å². The fourth-order valence-corrected chi connectivity index (χ4v) is 1.04. The van der Waals surface area contributed by atoms with Gasteiger partial charge in [0, 0.05) is 12.5 Å². The number of hydrogen-bond acceptors (Lipinski definition) is 3. The van der Waals surface area contributed by atoms with Crippen molar-refractivity contribution in [1.82, 2.24) is 5.48 Å². The summed E-state index contributed by atoms with van der Waals surface area (Å²) in [6.45, 7) is 0.411. The van der Waals surface area contributed by atoms with Gasteiger partial charge < -0.3 is 4.42 Å². The second-order valence-corrected chi connectivity index (χ2v) is 3.21. The zero-order valence-electron chi connectivity index (χ0n) is 8.17. The van der Waals surface area contributed by atoms with Gasteiger partial charge in [-0.05, 0) is 19.1 Å². The van der Waals surface area contributed by atoms with Gasteiger partial charge in [-0.3, -0.25) is 4.84 Å². The maximum absolute atomic E-state index is 11.7. The largest absolute Gasteiger partial charge is 0.469 e. The molecule has 0 saturated heterocycles. The first-order valence-corrected chi connectivity index (χ1v) is 4.44. The number of furan rings is 1. The molecule has 0 saturated carbocycles. The lowest BCUT2D eigenvalue weighted by atomic mass is 10.2. The lowest BCUT2D eigenvalue weighted by molar-refractivity contribution is -0.192. The second-order valence-electron chi connectivity index (χ2n) is 3.21. The van der Waals surface area contributed by atoms with Crippen molar-refractivity contribution >= 4 is 0 Å². The minimum Gasteiger partial charge on any atom is -0.469 e. The van der Waals surface area contributed by atoms with Gasteiger partial charge in [0.1, 0.15) is 5.76 Å². The SMILES string of the molecule is CC(Cc1ccco1)NOCC(F)(F)F. The van der Waals surface area contributed by atoms with E-state index in [2.05, 4.69) is 10.3 Å². The van der Waals surface area contributed by atoms with Crippen LogP contribution in [0.1, 0.15) is 12.7 Å². The molecule has 0 aliphatic rings. The third kappa shape index (κ3) is 5.44. The molecule has 0 amide bonds. The summed E-state index contributed by atoms with van der Waals surface area (Å²) in [5.74, 6) is 0.700. The molecular weight excluding hydrogens is 211 g/mol. The summed E-state index contributed by atoms with van der Waals surface area (Å²) in [6.07, 6.45) is -2.32. The molecular formula is C9H12F3NO2. The smallest absolute Gasteiger partial charge is 0.413 e. The Balaban J connectivity index is 2.17. The van der Waals surface area contributed by atoms with E-state index in [0.717, 1.165) is 0 Å². The highest BCUT2D eigenvalue weighted by Gasteiger charge is 2.28. The first-order chi connectivity index (χ1) is 6.97. The number of halogens is 3. The van der Waals surface area contributed by atoms with Gasteiger partial charge in [-0.1, -0.05) is 0 Å². The van der Waals surface area contributed by atoms with Crippen LogP contribution in [0.25, 0.3) is 0 Å². The van der Waals surface area contributed by atoms with E-state index in [1.807, 2.05) is 0 Å². The maximum atomic E-state index is 11.7. The maximum Gasteiger partial charge on any atom is 0.413 e. The minimum absolute atomic E-state index is 0.238. The average molecular weight is 223 g/mol. The van der Waals surface area contributed by atoms with Crippen LogP contribution in [-0.4, -0.2) is 18.8 Å². The minimum atomic E-state index is -4.31. The van der Waals surface area contributed by atoms with Crippen molar-refractivity contribution in [2.24, 2.45) is 0 Å². The topological polar surface area (TPSA) is 34.4 Å². The lowest BCUT2D eigenvalue weighted by Crippen LogP contribution is -2.32. The van der Waals surface area contributed by atoms with E-state index in [9.17, 15) is 13.2 Å². The van der Waals surface area contributed by atoms with Crippen molar-refractivity contribution in [2.45, 2.75) is 25.6 Å². The molecule has 0 aromatic carbocycles. The number of nitrogens with one attached hydrogen (secondary N) is 1. The molecule has 1 unspecified atom stereocenters. The molecule has 1 heterocycles. The summed E-state index contributed by atoms with van der Waals surface area (Å²) in [4.78, 5) is 4.29. The van der Waals surface area contributed by atoms with Crippen molar-refractivity contribution in [2.75, 3.05) is 6.61 Å². The number of hydroxylamine groups is 1. The van der Waals surface area contributed by atoms with Crippen molar-refractivity contribution in [3.05, 3.63) is 24.2 Å². The van der Waals surface area contributed by atoms with Crippen LogP contribution < -0.4 is 5.48 Å². The van der Waals surface area contributed by atoms with E-state index >= 15 is 0 Å². The standard InChI is InChI=1S/C9H12F3NO2/c1-7(5-8-3-2-4-14-8)13-15-6-9(10,11)12/h2-4,7,13H,5-6H2,1H3. The average Bonchev–Trinajstić information content (AvgIpc) is 2.54. The zero-order valence-corrected chi connectivity index (χ0v) is 8.17. The predicted molar refractivity (Wildman–Crippen MR) is 47.0 cm³/mol. The molecule has 6 heteroatoms. The molecule has 1 rings (SSSR count). The van der Waals surface area contributed by atoms with E-state index in [4.69, 9.17) is 4.42 Å². The van der Waals surface area contributed by atoms with Crippen molar-refractivity contribution < 1.29 is 22.4 Å². The first-order valence-electron chi connectivity index (χ1n) is 4.44. The van der Waals surface area contributed by atoms with Gasteiger partial charge in [0.15, 0.2) is 6.61 Å². The molecule has 0 aliphatic heterocycles. The molecule has 0 aliphatic carbocycles. The lowest BCUT2D eigenvalue weighted by Gasteiger charge is -2.13. The van der Waals surface area contributed by atoms with E-state index in [-0.39, 0.29) is 6.04 Å². The van der Waals surface area contributed by atoms with Crippen LogP contribution in [0.2, 0.25) is 0 Å². The molecule has 0 fully saturated rings. The molecule has 0 bridgehead atoms. The highest BCUT2D eigenvalue weighted by Crippen LogP contribution is 2.13. The normalized spacial score (nSPS) is 14.1. The summed E-state index contributed by atoms with van der Waals surface area (Å²) in [5, 5.41) is 0. The Hall–Kier alpha value is -1.01. The zero-order chi connectivity index (χ0) is 11.3. The fraction of sp³-hybridized carbons (Fsp3) is 0.556. The van der Waals surface area contributed by atoms with Crippen LogP contribution in [0.15, 0.2) is 22.8 Å². The Morgan fingerprint density at radius 3 is 2.80 bits per heavy atom. The Morgan fingerprint density at radius 2 is 2.27 bits per heavy atom. The van der Waals surface area contributed by atoms with Gasteiger partial charge in [0.05, 0.1) is 6.26 Å². The van der Waals surface area contributed by atoms with E-state index < -0.39 is 12.8 Å². The Morgan fingerprint density at radius 1 is 1.53 bits per heavy atom. The van der Waals surface area contributed by atoms with Crippen LogP contribution >= 0.6 is 0 Å². The third-order valence-corrected chi connectivity index (χ3v) is 1.61. The quantitative estimate of drug-likeness (QED) is 0.778. The Kier molecular flexibility index (Phi) is 4.16. The molecule has 1 aromatic heterocycles. The van der Waals surface area contributed by atoms with Crippen LogP contribution in [0.5, 0.6) is 0 Å². The predicted octanol–water partition coefficient (Wildman–Crippen LogP) is 2.29. The van der Waals surface area contributed by atoms with Gasteiger partial charge in [0.25, 0.3) is 0 Å². The first kappa shape index (κ1) is 12.1. The molecule has 3 nitrogen and oxygen atoms in total. The van der Waals surface area contributed by atoms with Gasteiger partial charge in [0.2, 0.25) is 0 Å². The summed E-state index contributed by atoms with van der Waals surface area (Å²) < 4.78 is 40.1. The Labute approximate surface area is 85.2 Å². The fourth-order valence-electron chi connectivity index (χ4n) is 1.04. The Bertz CT molecular complexity index is 271. The molecule has 15 heavy (non-hydrogen) atoms. The molecule has 1 atom stereocenters.